The Balaban J connectivity index is 1.53. The number of amides is 3. The van der Waals surface area contributed by atoms with Crippen molar-refractivity contribution in [2.45, 2.75) is 42.4 Å². The maximum atomic E-state index is 12.8. The Hall–Kier alpha value is -3.41. The van der Waals surface area contributed by atoms with Crippen LogP contribution >= 0.6 is 0 Å². The van der Waals surface area contributed by atoms with Gasteiger partial charge in [0.15, 0.2) is 9.84 Å². The Morgan fingerprint density at radius 3 is 2.14 bits per heavy atom. The van der Waals surface area contributed by atoms with Crippen LogP contribution in [0.1, 0.15) is 45.5 Å². The number of sulfone groups is 1. The highest BCUT2D eigenvalue weighted by atomic mass is 32.2. The molecule has 1 aliphatic rings. The van der Waals surface area contributed by atoms with Crippen LogP contribution in [0.5, 0.6) is 0 Å². The Kier molecular flexibility index (Phi) is 7.83. The zero-order valence-electron chi connectivity index (χ0n) is 18.7. The van der Waals surface area contributed by atoms with Gasteiger partial charge in [-0.2, -0.15) is 13.2 Å². The largest absolute Gasteiger partial charge is 0.416 e. The highest BCUT2D eigenvalue weighted by molar-refractivity contribution is 7.90. The van der Waals surface area contributed by atoms with E-state index in [-0.39, 0.29) is 22.1 Å². The first kappa shape index (κ1) is 26.2. The summed E-state index contributed by atoms with van der Waals surface area (Å²) in [4.78, 5) is 37.1. The van der Waals surface area contributed by atoms with Crippen molar-refractivity contribution in [3.8, 4) is 0 Å². The van der Waals surface area contributed by atoms with Crippen LogP contribution in [0.4, 0.5) is 13.2 Å². The van der Waals surface area contributed by atoms with Crippen molar-refractivity contribution < 1.29 is 36.0 Å². The van der Waals surface area contributed by atoms with Gasteiger partial charge in [0.1, 0.15) is 0 Å². The molecule has 2 aromatic carbocycles. The first-order valence-electron chi connectivity index (χ1n) is 10.7. The number of hydrogen-bond acceptors (Lipinski definition) is 5. The van der Waals surface area contributed by atoms with Gasteiger partial charge >= 0.3 is 6.18 Å². The van der Waals surface area contributed by atoms with Gasteiger partial charge in [0.2, 0.25) is 5.91 Å². The van der Waals surface area contributed by atoms with E-state index < -0.39 is 51.9 Å². The van der Waals surface area contributed by atoms with Gasteiger partial charge in [-0.25, -0.2) is 8.42 Å². The summed E-state index contributed by atoms with van der Waals surface area (Å²) in [5.74, 6) is -1.79. The molecule has 0 heterocycles. The Morgan fingerprint density at radius 1 is 0.914 bits per heavy atom. The highest BCUT2D eigenvalue weighted by Crippen LogP contribution is 2.29. The molecule has 2 atom stereocenters. The van der Waals surface area contributed by atoms with E-state index in [9.17, 15) is 36.0 Å². The average molecular weight is 512 g/mol. The molecule has 0 aliphatic heterocycles. The van der Waals surface area contributed by atoms with E-state index in [2.05, 4.69) is 16.0 Å². The van der Waals surface area contributed by atoms with Crippen LogP contribution in [-0.2, 0) is 20.8 Å². The molecule has 35 heavy (non-hydrogen) atoms. The fourth-order valence-corrected chi connectivity index (χ4v) is 4.40. The van der Waals surface area contributed by atoms with Crippen LogP contribution < -0.4 is 16.0 Å². The van der Waals surface area contributed by atoms with Crippen molar-refractivity contribution >= 4 is 27.6 Å². The van der Waals surface area contributed by atoms with Crippen LogP contribution in [0.2, 0.25) is 0 Å². The fourth-order valence-electron chi connectivity index (χ4n) is 3.77. The minimum Gasteiger partial charge on any atom is -0.350 e. The third kappa shape index (κ3) is 7.04. The minimum atomic E-state index is -4.59. The molecular formula is C23H24F3N3O5S. The molecule has 0 aromatic heterocycles. The summed E-state index contributed by atoms with van der Waals surface area (Å²) >= 11 is 0. The molecule has 3 rings (SSSR count). The summed E-state index contributed by atoms with van der Waals surface area (Å²) in [7, 11) is -3.39. The average Bonchev–Trinajstić information content (AvgIpc) is 3.22. The molecule has 8 nitrogen and oxygen atoms in total. The molecule has 3 amide bonds. The lowest BCUT2D eigenvalue weighted by Crippen LogP contribution is -2.50. The second-order valence-corrected chi connectivity index (χ2v) is 10.3. The summed E-state index contributed by atoms with van der Waals surface area (Å²) < 4.78 is 61.6. The smallest absolute Gasteiger partial charge is 0.350 e. The number of halogens is 3. The fraction of sp³-hybridized carbons (Fsp3) is 0.348. The van der Waals surface area contributed by atoms with Crippen molar-refractivity contribution in [2.75, 3.05) is 12.8 Å². The number of carbonyl (C=O) groups is 3. The Morgan fingerprint density at radius 2 is 1.54 bits per heavy atom. The molecule has 188 valence electrons. The van der Waals surface area contributed by atoms with Gasteiger partial charge in [0.05, 0.1) is 17.0 Å². The lowest BCUT2D eigenvalue weighted by molar-refractivity contribution is -0.137. The second-order valence-electron chi connectivity index (χ2n) is 8.24. The molecule has 0 radical (unpaired) electrons. The lowest BCUT2D eigenvalue weighted by Gasteiger charge is -2.22. The second kappa shape index (κ2) is 10.5. The van der Waals surface area contributed by atoms with Gasteiger partial charge in [0, 0.05) is 29.5 Å². The van der Waals surface area contributed by atoms with Crippen molar-refractivity contribution in [2.24, 2.45) is 0 Å². The minimum absolute atomic E-state index is 0.0900. The van der Waals surface area contributed by atoms with Gasteiger partial charge < -0.3 is 16.0 Å². The Labute approximate surface area is 200 Å². The normalized spacial score (nSPS) is 18.1. The van der Waals surface area contributed by atoms with E-state index in [1.807, 2.05) is 0 Å². The molecule has 3 N–H and O–H groups in total. The predicted octanol–water partition coefficient (Wildman–Crippen LogP) is 2.31. The molecule has 2 aromatic rings. The van der Waals surface area contributed by atoms with Crippen LogP contribution in [-0.4, -0.2) is 51.0 Å². The van der Waals surface area contributed by atoms with E-state index in [0.717, 1.165) is 24.8 Å². The molecule has 0 spiro atoms. The molecule has 1 saturated carbocycles. The van der Waals surface area contributed by atoms with Gasteiger partial charge in [-0.1, -0.05) is 6.07 Å². The monoisotopic (exact) mass is 511 g/mol. The number of rotatable bonds is 7. The van der Waals surface area contributed by atoms with E-state index in [4.69, 9.17) is 0 Å². The SMILES string of the molecule is CS(=O)(=O)c1ccc(C(=O)N[C@@H]2CCC[C@@H]2NC(=O)CNC(=O)c2cccc(C(F)(F)F)c2)cc1. The molecule has 12 heteroatoms. The van der Waals surface area contributed by atoms with E-state index in [0.29, 0.717) is 18.9 Å². The highest BCUT2D eigenvalue weighted by Gasteiger charge is 2.32. The summed E-state index contributed by atoms with van der Waals surface area (Å²) in [6.45, 7) is -0.445. The molecule has 0 unspecified atom stereocenters. The summed E-state index contributed by atoms with van der Waals surface area (Å²) in [6.07, 6.45) is -1.60. The van der Waals surface area contributed by atoms with Gasteiger partial charge in [-0.05, 0) is 61.7 Å². The van der Waals surface area contributed by atoms with E-state index in [1.165, 1.54) is 30.3 Å². The third-order valence-corrected chi connectivity index (χ3v) is 6.71. The number of alkyl halides is 3. The quantitative estimate of drug-likeness (QED) is 0.527. The first-order chi connectivity index (χ1) is 16.3. The maximum absolute atomic E-state index is 12.8. The van der Waals surface area contributed by atoms with Crippen molar-refractivity contribution in [1.29, 1.82) is 0 Å². The maximum Gasteiger partial charge on any atom is 0.416 e. The zero-order valence-corrected chi connectivity index (χ0v) is 19.5. The van der Waals surface area contributed by atoms with Gasteiger partial charge in [-0.15, -0.1) is 0 Å². The molecular weight excluding hydrogens is 487 g/mol. The zero-order chi connectivity index (χ0) is 25.8. The number of benzene rings is 2. The number of nitrogens with one attached hydrogen (secondary N) is 3. The van der Waals surface area contributed by atoms with Crippen molar-refractivity contribution in [1.82, 2.24) is 16.0 Å². The van der Waals surface area contributed by atoms with Gasteiger partial charge in [0.25, 0.3) is 11.8 Å². The van der Waals surface area contributed by atoms with Crippen molar-refractivity contribution in [3.05, 3.63) is 65.2 Å². The third-order valence-electron chi connectivity index (χ3n) is 5.59. The van der Waals surface area contributed by atoms with Gasteiger partial charge in [-0.3, -0.25) is 14.4 Å². The molecule has 0 bridgehead atoms. The van der Waals surface area contributed by atoms with Crippen LogP contribution in [0.15, 0.2) is 53.4 Å². The summed E-state index contributed by atoms with van der Waals surface area (Å²) in [5, 5.41) is 7.85. The van der Waals surface area contributed by atoms with Crippen LogP contribution in [0.3, 0.4) is 0 Å². The molecule has 0 saturated heterocycles. The van der Waals surface area contributed by atoms with Crippen molar-refractivity contribution in [3.63, 3.8) is 0 Å². The number of carbonyl (C=O) groups excluding carboxylic acids is 3. The molecule has 1 aliphatic carbocycles. The lowest BCUT2D eigenvalue weighted by atomic mass is 10.1. The number of hydrogen-bond donors (Lipinski definition) is 3. The standard InChI is InChI=1S/C23H24F3N3O5S/c1-35(33,34)17-10-8-14(9-11-17)22(32)29-19-7-3-6-18(19)28-20(30)13-27-21(31)15-4-2-5-16(12-15)23(24,25)26/h2,4-5,8-12,18-19H,3,6-7,13H2,1H3,(H,27,31)(H,28,30)(H,29,32)/t18-,19+/m0/s1. The van der Waals surface area contributed by atoms with E-state index in [1.54, 1.807) is 0 Å². The Bertz CT molecular complexity index is 1210. The van der Waals surface area contributed by atoms with Crippen LogP contribution in [0.25, 0.3) is 0 Å². The summed E-state index contributed by atoms with van der Waals surface area (Å²) in [5.41, 5.74) is -0.923. The summed E-state index contributed by atoms with van der Waals surface area (Å²) in [6, 6.07) is 8.58. The van der Waals surface area contributed by atoms with Crippen LogP contribution in [0, 0.1) is 0 Å². The van der Waals surface area contributed by atoms with E-state index >= 15 is 0 Å². The first-order valence-corrected chi connectivity index (χ1v) is 12.6. The topological polar surface area (TPSA) is 121 Å². The predicted molar refractivity (Wildman–Crippen MR) is 120 cm³/mol. The molecule has 1 fully saturated rings.